The largest absolute Gasteiger partial charge is 0.420 e. The number of aromatic nitrogens is 1. The van der Waals surface area contributed by atoms with E-state index in [1.165, 1.54) is 30.3 Å². The molecule has 130 valence electrons. The fourth-order valence-corrected chi connectivity index (χ4v) is 2.56. The molecule has 0 spiro atoms. The minimum atomic E-state index is -0.812. The molecule has 0 saturated carbocycles. The van der Waals surface area contributed by atoms with Gasteiger partial charge in [0, 0.05) is 17.8 Å². The molecule has 0 aliphatic carbocycles. The summed E-state index contributed by atoms with van der Waals surface area (Å²) in [6.07, 6.45) is 0. The Hall–Kier alpha value is -3.64. The van der Waals surface area contributed by atoms with Crippen molar-refractivity contribution in [3.63, 3.8) is 0 Å². The van der Waals surface area contributed by atoms with Crippen molar-refractivity contribution in [2.24, 2.45) is 0 Å². The van der Waals surface area contributed by atoms with Gasteiger partial charge in [-0.05, 0) is 24.3 Å². The summed E-state index contributed by atoms with van der Waals surface area (Å²) in [7, 11) is 0. The topological polar surface area (TPSA) is 131 Å². The molecule has 26 heavy (non-hydrogen) atoms. The van der Waals surface area contributed by atoms with Crippen LogP contribution in [0.2, 0.25) is 5.02 Å². The van der Waals surface area contributed by atoms with Crippen LogP contribution in [0.5, 0.6) is 0 Å². The minimum absolute atomic E-state index is 0.134. The molecule has 1 heterocycles. The number of benzene rings is 2. The Labute approximate surface area is 150 Å². The van der Waals surface area contributed by atoms with Crippen molar-refractivity contribution in [1.82, 2.24) is 4.57 Å². The third-order valence-corrected chi connectivity index (χ3v) is 3.85. The molecule has 0 saturated heterocycles. The van der Waals surface area contributed by atoms with Crippen LogP contribution in [0.25, 0.3) is 11.1 Å². The van der Waals surface area contributed by atoms with Crippen molar-refractivity contribution in [3.8, 4) is 6.07 Å². The standard InChI is InChI=1S/C16H9ClN4O5/c17-12-5-10(2-1-9(12)7-18)19-15(22)8-20-13-6-11(21(24)25)3-4-14(13)26-16(20)23/h1-6H,8H2,(H,19,22). The summed E-state index contributed by atoms with van der Waals surface area (Å²) in [5, 5.41) is 22.4. The number of amides is 1. The van der Waals surface area contributed by atoms with Crippen LogP contribution in [-0.4, -0.2) is 15.4 Å². The van der Waals surface area contributed by atoms with Gasteiger partial charge in [0.1, 0.15) is 12.6 Å². The highest BCUT2D eigenvalue weighted by Crippen LogP contribution is 2.21. The van der Waals surface area contributed by atoms with Gasteiger partial charge >= 0.3 is 5.76 Å². The highest BCUT2D eigenvalue weighted by Gasteiger charge is 2.16. The Kier molecular flexibility index (Phi) is 4.43. The fourth-order valence-electron chi connectivity index (χ4n) is 2.34. The third kappa shape index (κ3) is 3.26. The number of carbonyl (C=O) groups excluding carboxylic acids is 1. The predicted molar refractivity (Wildman–Crippen MR) is 91.9 cm³/mol. The molecular weight excluding hydrogens is 364 g/mol. The Morgan fingerprint density at radius 1 is 1.35 bits per heavy atom. The number of hydrogen-bond donors (Lipinski definition) is 1. The van der Waals surface area contributed by atoms with Crippen molar-refractivity contribution < 1.29 is 14.1 Å². The maximum atomic E-state index is 12.2. The molecule has 0 atom stereocenters. The highest BCUT2D eigenvalue weighted by atomic mass is 35.5. The molecule has 0 fully saturated rings. The molecule has 0 aliphatic rings. The molecule has 0 aliphatic heterocycles. The van der Waals surface area contributed by atoms with E-state index >= 15 is 0 Å². The van der Waals surface area contributed by atoms with Crippen LogP contribution in [0.3, 0.4) is 0 Å². The van der Waals surface area contributed by atoms with E-state index in [0.717, 1.165) is 10.6 Å². The molecule has 0 radical (unpaired) electrons. The van der Waals surface area contributed by atoms with Gasteiger partial charge in [0.2, 0.25) is 5.91 Å². The SMILES string of the molecule is N#Cc1ccc(NC(=O)Cn2c(=O)oc3ccc([N+](=O)[O-])cc32)cc1Cl. The van der Waals surface area contributed by atoms with E-state index in [1.807, 2.05) is 6.07 Å². The van der Waals surface area contributed by atoms with Gasteiger partial charge in [0.25, 0.3) is 5.69 Å². The lowest BCUT2D eigenvalue weighted by molar-refractivity contribution is -0.384. The molecule has 10 heteroatoms. The second-order valence-corrected chi connectivity index (χ2v) is 5.63. The van der Waals surface area contributed by atoms with Gasteiger partial charge in [0.05, 0.1) is 21.0 Å². The molecule has 1 amide bonds. The maximum absolute atomic E-state index is 12.2. The number of hydrogen-bond acceptors (Lipinski definition) is 6. The second kappa shape index (κ2) is 6.70. The van der Waals surface area contributed by atoms with Gasteiger partial charge in [-0.25, -0.2) is 4.79 Å². The molecule has 2 aromatic carbocycles. The smallest absolute Gasteiger partial charge is 0.408 e. The number of nitriles is 1. The summed E-state index contributed by atoms with van der Waals surface area (Å²) < 4.78 is 5.97. The van der Waals surface area contributed by atoms with E-state index in [1.54, 1.807) is 0 Å². The number of nitro groups is 1. The van der Waals surface area contributed by atoms with Crippen LogP contribution in [0.15, 0.2) is 45.6 Å². The zero-order chi connectivity index (χ0) is 18.8. The number of halogens is 1. The van der Waals surface area contributed by atoms with Crippen LogP contribution in [0, 0.1) is 21.4 Å². The summed E-state index contributed by atoms with van der Waals surface area (Å²) in [6.45, 7) is -0.412. The second-order valence-electron chi connectivity index (χ2n) is 5.22. The van der Waals surface area contributed by atoms with Gasteiger partial charge in [-0.1, -0.05) is 11.6 Å². The number of rotatable bonds is 4. The summed E-state index contributed by atoms with van der Waals surface area (Å²) in [4.78, 5) is 34.4. The minimum Gasteiger partial charge on any atom is -0.408 e. The molecule has 0 unspecified atom stereocenters. The molecule has 9 nitrogen and oxygen atoms in total. The summed E-state index contributed by atoms with van der Waals surface area (Å²) in [5.41, 5.74) is 0.637. The monoisotopic (exact) mass is 372 g/mol. The normalized spacial score (nSPS) is 10.5. The van der Waals surface area contributed by atoms with E-state index < -0.39 is 23.1 Å². The fraction of sp³-hybridized carbons (Fsp3) is 0.0625. The first-order valence-electron chi connectivity index (χ1n) is 7.16. The average Bonchev–Trinajstić information content (AvgIpc) is 2.90. The first kappa shape index (κ1) is 17.2. The van der Waals surface area contributed by atoms with Crippen LogP contribution < -0.4 is 11.1 Å². The number of nitrogens with zero attached hydrogens (tertiary/aromatic N) is 3. The Bertz CT molecular complexity index is 1140. The van der Waals surface area contributed by atoms with Crippen LogP contribution >= 0.6 is 11.6 Å². The number of fused-ring (bicyclic) bond motifs is 1. The van der Waals surface area contributed by atoms with Gasteiger partial charge in [-0.3, -0.25) is 19.5 Å². The summed E-state index contributed by atoms with van der Waals surface area (Å²) in [6, 6.07) is 9.89. The number of non-ortho nitro benzene ring substituents is 1. The summed E-state index contributed by atoms with van der Waals surface area (Å²) >= 11 is 5.90. The summed E-state index contributed by atoms with van der Waals surface area (Å²) in [5.74, 6) is -1.38. The van der Waals surface area contributed by atoms with E-state index in [2.05, 4.69) is 5.32 Å². The van der Waals surface area contributed by atoms with Crippen molar-refractivity contribution in [3.05, 3.63) is 67.6 Å². The Balaban J connectivity index is 1.87. The lowest BCUT2D eigenvalue weighted by Crippen LogP contribution is -2.24. The molecule has 3 rings (SSSR count). The molecule has 3 aromatic rings. The molecule has 1 N–H and O–H groups in total. The van der Waals surface area contributed by atoms with Crippen molar-refractivity contribution >= 4 is 40.0 Å². The van der Waals surface area contributed by atoms with Gasteiger partial charge in [0.15, 0.2) is 5.58 Å². The zero-order valence-corrected chi connectivity index (χ0v) is 13.7. The van der Waals surface area contributed by atoms with Gasteiger partial charge in [-0.2, -0.15) is 5.26 Å². The Morgan fingerprint density at radius 2 is 2.12 bits per heavy atom. The Morgan fingerprint density at radius 3 is 2.77 bits per heavy atom. The number of nitro benzene ring substituents is 1. The number of nitrogens with one attached hydrogen (secondary N) is 1. The van der Waals surface area contributed by atoms with Gasteiger partial charge in [-0.15, -0.1) is 0 Å². The van der Waals surface area contributed by atoms with Crippen LogP contribution in [0.4, 0.5) is 11.4 Å². The lowest BCUT2D eigenvalue weighted by Gasteiger charge is -2.06. The van der Waals surface area contributed by atoms with E-state index in [9.17, 15) is 19.7 Å². The van der Waals surface area contributed by atoms with Crippen molar-refractivity contribution in [2.45, 2.75) is 6.54 Å². The van der Waals surface area contributed by atoms with Crippen LogP contribution in [-0.2, 0) is 11.3 Å². The number of anilines is 1. The molecule has 0 bridgehead atoms. The number of oxazole rings is 1. The predicted octanol–water partition coefficient (Wildman–Crippen LogP) is 2.67. The first-order valence-corrected chi connectivity index (χ1v) is 7.54. The molecule has 1 aromatic heterocycles. The van der Waals surface area contributed by atoms with Gasteiger partial charge < -0.3 is 9.73 Å². The van der Waals surface area contributed by atoms with Crippen LogP contribution in [0.1, 0.15) is 5.56 Å². The molecular formula is C16H9ClN4O5. The third-order valence-electron chi connectivity index (χ3n) is 3.54. The van der Waals surface area contributed by atoms with E-state index in [0.29, 0.717) is 5.69 Å². The van der Waals surface area contributed by atoms with Crippen molar-refractivity contribution in [2.75, 3.05) is 5.32 Å². The maximum Gasteiger partial charge on any atom is 0.420 e. The van der Waals surface area contributed by atoms with Crippen molar-refractivity contribution in [1.29, 1.82) is 5.26 Å². The highest BCUT2D eigenvalue weighted by molar-refractivity contribution is 6.32. The number of carbonyl (C=O) groups is 1. The zero-order valence-electron chi connectivity index (χ0n) is 12.9. The van der Waals surface area contributed by atoms with E-state index in [4.69, 9.17) is 21.3 Å². The van der Waals surface area contributed by atoms with E-state index in [-0.39, 0.29) is 27.4 Å². The quantitative estimate of drug-likeness (QED) is 0.553. The average molecular weight is 373 g/mol. The lowest BCUT2D eigenvalue weighted by atomic mass is 10.2. The first-order chi connectivity index (χ1) is 12.4.